The first kappa shape index (κ1) is 15.0. The molecule has 2 N–H and O–H groups in total. The zero-order valence-electron chi connectivity index (χ0n) is 11.5. The van der Waals surface area contributed by atoms with E-state index in [1.54, 1.807) is 4.90 Å². The van der Waals surface area contributed by atoms with Gasteiger partial charge in [0.15, 0.2) is 0 Å². The second-order valence-electron chi connectivity index (χ2n) is 5.29. The average molecular weight is 256 g/mol. The summed E-state index contributed by atoms with van der Waals surface area (Å²) in [6.07, 6.45) is 0.723. The number of rotatable bonds is 5. The molecule has 0 spiro atoms. The highest BCUT2D eigenvalue weighted by molar-refractivity contribution is 5.88. The third-order valence-electron chi connectivity index (χ3n) is 3.23. The SMILES string of the molecule is CCC(O)CC(=O)N1CCNC(=O)C1CC(C)C. The number of nitrogens with one attached hydrogen (secondary N) is 1. The van der Waals surface area contributed by atoms with Crippen molar-refractivity contribution in [3.05, 3.63) is 0 Å². The van der Waals surface area contributed by atoms with Gasteiger partial charge in [-0.05, 0) is 18.8 Å². The predicted molar refractivity (Wildman–Crippen MR) is 68.9 cm³/mol. The smallest absolute Gasteiger partial charge is 0.242 e. The normalized spacial score (nSPS) is 21.9. The lowest BCUT2D eigenvalue weighted by Crippen LogP contribution is -2.57. The fraction of sp³-hybridized carbons (Fsp3) is 0.846. The van der Waals surface area contributed by atoms with E-state index in [1.165, 1.54) is 0 Å². The molecule has 1 saturated heterocycles. The Morgan fingerprint density at radius 1 is 1.56 bits per heavy atom. The highest BCUT2D eigenvalue weighted by atomic mass is 16.3. The van der Waals surface area contributed by atoms with Crippen molar-refractivity contribution in [3.8, 4) is 0 Å². The molecule has 0 aliphatic carbocycles. The van der Waals surface area contributed by atoms with Crippen molar-refractivity contribution in [2.45, 2.75) is 52.2 Å². The minimum Gasteiger partial charge on any atom is -0.393 e. The van der Waals surface area contributed by atoms with Crippen LogP contribution in [-0.2, 0) is 9.59 Å². The molecule has 0 bridgehead atoms. The molecule has 1 aliphatic heterocycles. The van der Waals surface area contributed by atoms with Crippen LogP contribution < -0.4 is 5.32 Å². The van der Waals surface area contributed by atoms with Crippen LogP contribution in [0.1, 0.15) is 40.0 Å². The monoisotopic (exact) mass is 256 g/mol. The van der Waals surface area contributed by atoms with Crippen LogP contribution in [0.2, 0.25) is 0 Å². The molecule has 0 saturated carbocycles. The van der Waals surface area contributed by atoms with E-state index in [9.17, 15) is 14.7 Å². The lowest BCUT2D eigenvalue weighted by Gasteiger charge is -2.36. The van der Waals surface area contributed by atoms with E-state index in [2.05, 4.69) is 5.32 Å². The Kier molecular flexibility index (Phi) is 5.59. The molecule has 18 heavy (non-hydrogen) atoms. The Bertz CT molecular complexity index is 305. The third kappa shape index (κ3) is 3.98. The molecule has 1 aliphatic rings. The molecule has 2 atom stereocenters. The first-order valence-corrected chi connectivity index (χ1v) is 6.71. The fourth-order valence-electron chi connectivity index (χ4n) is 2.16. The molecule has 0 aromatic heterocycles. The highest BCUT2D eigenvalue weighted by Crippen LogP contribution is 2.16. The van der Waals surface area contributed by atoms with Crippen molar-refractivity contribution in [1.82, 2.24) is 10.2 Å². The van der Waals surface area contributed by atoms with Crippen LogP contribution in [-0.4, -0.2) is 47.1 Å². The summed E-state index contributed by atoms with van der Waals surface area (Å²) in [6, 6.07) is -0.379. The molecule has 1 rings (SSSR count). The number of nitrogens with zero attached hydrogens (tertiary/aromatic N) is 1. The van der Waals surface area contributed by atoms with Crippen molar-refractivity contribution < 1.29 is 14.7 Å². The molecule has 0 radical (unpaired) electrons. The number of carbonyl (C=O) groups excluding carboxylic acids is 2. The van der Waals surface area contributed by atoms with E-state index >= 15 is 0 Å². The van der Waals surface area contributed by atoms with Crippen molar-refractivity contribution in [1.29, 1.82) is 0 Å². The standard InChI is InChI=1S/C13H24N2O3/c1-4-10(16)8-12(17)15-6-5-14-13(18)11(15)7-9(2)3/h9-11,16H,4-8H2,1-3H3,(H,14,18). The topological polar surface area (TPSA) is 69.6 Å². The lowest BCUT2D eigenvalue weighted by atomic mass is 9.99. The van der Waals surface area contributed by atoms with Crippen LogP contribution in [0.15, 0.2) is 0 Å². The lowest BCUT2D eigenvalue weighted by molar-refractivity contribution is -0.145. The summed E-state index contributed by atoms with van der Waals surface area (Å²) in [7, 11) is 0. The van der Waals surface area contributed by atoms with Crippen LogP contribution in [0.4, 0.5) is 0 Å². The van der Waals surface area contributed by atoms with Crippen molar-refractivity contribution >= 4 is 11.8 Å². The second kappa shape index (κ2) is 6.73. The summed E-state index contributed by atoms with van der Waals surface area (Å²) in [5.41, 5.74) is 0. The number of piperazine rings is 1. The van der Waals surface area contributed by atoms with Gasteiger partial charge in [-0.25, -0.2) is 0 Å². The van der Waals surface area contributed by atoms with Gasteiger partial charge < -0.3 is 15.3 Å². The van der Waals surface area contributed by atoms with Gasteiger partial charge in [0.25, 0.3) is 0 Å². The Labute approximate surface area is 109 Å². The van der Waals surface area contributed by atoms with Crippen LogP contribution >= 0.6 is 0 Å². The first-order chi connectivity index (χ1) is 8.45. The van der Waals surface area contributed by atoms with Gasteiger partial charge >= 0.3 is 0 Å². The van der Waals surface area contributed by atoms with Crippen LogP contribution in [0.5, 0.6) is 0 Å². The molecule has 2 unspecified atom stereocenters. The molecule has 5 nitrogen and oxygen atoms in total. The molecule has 104 valence electrons. The summed E-state index contributed by atoms with van der Waals surface area (Å²) in [4.78, 5) is 25.5. The summed E-state index contributed by atoms with van der Waals surface area (Å²) in [5.74, 6) is 0.157. The Morgan fingerprint density at radius 2 is 2.22 bits per heavy atom. The maximum Gasteiger partial charge on any atom is 0.242 e. The molecule has 1 fully saturated rings. The maximum atomic E-state index is 12.1. The van der Waals surface area contributed by atoms with Crippen molar-refractivity contribution in [2.75, 3.05) is 13.1 Å². The minimum absolute atomic E-state index is 0.0747. The maximum absolute atomic E-state index is 12.1. The fourth-order valence-corrected chi connectivity index (χ4v) is 2.16. The van der Waals surface area contributed by atoms with Crippen LogP contribution in [0.25, 0.3) is 0 Å². The van der Waals surface area contributed by atoms with Crippen LogP contribution in [0, 0.1) is 5.92 Å². The van der Waals surface area contributed by atoms with Gasteiger partial charge in [0.05, 0.1) is 12.5 Å². The van der Waals surface area contributed by atoms with E-state index < -0.39 is 6.10 Å². The molecule has 0 aromatic carbocycles. The molecular weight excluding hydrogens is 232 g/mol. The zero-order valence-corrected chi connectivity index (χ0v) is 11.5. The van der Waals surface area contributed by atoms with E-state index in [1.807, 2.05) is 20.8 Å². The minimum atomic E-state index is -0.609. The van der Waals surface area contributed by atoms with Crippen LogP contribution in [0.3, 0.4) is 0 Å². The highest BCUT2D eigenvalue weighted by Gasteiger charge is 2.33. The number of amides is 2. The Balaban J connectivity index is 2.69. The molecular formula is C13H24N2O3. The molecule has 1 heterocycles. The number of aliphatic hydroxyl groups is 1. The number of aliphatic hydroxyl groups excluding tert-OH is 1. The quantitative estimate of drug-likeness (QED) is 0.753. The van der Waals surface area contributed by atoms with Crippen molar-refractivity contribution in [2.24, 2.45) is 5.92 Å². The summed E-state index contributed by atoms with van der Waals surface area (Å²) in [5, 5.41) is 12.3. The van der Waals surface area contributed by atoms with E-state index in [0.29, 0.717) is 31.8 Å². The summed E-state index contributed by atoms with van der Waals surface area (Å²) >= 11 is 0. The second-order valence-corrected chi connectivity index (χ2v) is 5.29. The van der Waals surface area contributed by atoms with E-state index in [4.69, 9.17) is 0 Å². The largest absolute Gasteiger partial charge is 0.393 e. The molecule has 2 amide bonds. The predicted octanol–water partition coefficient (Wildman–Crippen LogP) is 0.520. The Morgan fingerprint density at radius 3 is 2.78 bits per heavy atom. The van der Waals surface area contributed by atoms with Crippen molar-refractivity contribution in [3.63, 3.8) is 0 Å². The van der Waals surface area contributed by atoms with E-state index in [0.717, 1.165) is 0 Å². The Hall–Kier alpha value is -1.10. The summed E-state index contributed by atoms with van der Waals surface area (Å²) in [6.45, 7) is 6.95. The van der Waals surface area contributed by atoms with Gasteiger partial charge in [-0.2, -0.15) is 0 Å². The number of carbonyl (C=O) groups is 2. The van der Waals surface area contributed by atoms with Gasteiger partial charge in [0.2, 0.25) is 11.8 Å². The average Bonchev–Trinajstić information content (AvgIpc) is 2.30. The van der Waals surface area contributed by atoms with Gasteiger partial charge in [-0.3, -0.25) is 9.59 Å². The number of hydrogen-bond donors (Lipinski definition) is 2. The molecule has 0 aromatic rings. The zero-order chi connectivity index (χ0) is 13.7. The van der Waals surface area contributed by atoms with Gasteiger partial charge in [0, 0.05) is 13.1 Å². The molecule has 5 heteroatoms. The van der Waals surface area contributed by atoms with Gasteiger partial charge in [-0.15, -0.1) is 0 Å². The third-order valence-corrected chi connectivity index (χ3v) is 3.23. The van der Waals surface area contributed by atoms with Gasteiger partial charge in [-0.1, -0.05) is 20.8 Å². The van der Waals surface area contributed by atoms with Gasteiger partial charge in [0.1, 0.15) is 6.04 Å². The van der Waals surface area contributed by atoms with E-state index in [-0.39, 0.29) is 24.3 Å². The number of hydrogen-bond acceptors (Lipinski definition) is 3. The summed E-state index contributed by atoms with van der Waals surface area (Å²) < 4.78 is 0. The first-order valence-electron chi connectivity index (χ1n) is 6.71.